The monoisotopic (exact) mass is 357 g/mol. The Balaban J connectivity index is 1.76. The van der Waals surface area contributed by atoms with Crippen molar-refractivity contribution in [1.82, 2.24) is 10.1 Å². The van der Waals surface area contributed by atoms with Gasteiger partial charge in [0.1, 0.15) is 5.75 Å². The first-order chi connectivity index (χ1) is 12.0. The van der Waals surface area contributed by atoms with Gasteiger partial charge in [-0.25, -0.2) is 8.57 Å². The minimum atomic E-state index is -2.46. The molecule has 1 atom stereocenters. The molecular formula is C18H19N3O3S. The Morgan fingerprint density at radius 3 is 2.36 bits per heavy atom. The van der Waals surface area contributed by atoms with Gasteiger partial charge in [-0.15, -0.1) is 0 Å². The second-order valence-corrected chi connectivity index (χ2v) is 7.93. The lowest BCUT2D eigenvalue weighted by Crippen LogP contribution is -1.98. The predicted molar refractivity (Wildman–Crippen MR) is 95.9 cm³/mol. The van der Waals surface area contributed by atoms with Crippen LogP contribution in [0.2, 0.25) is 0 Å². The SMILES string of the molecule is COc1ccc(S(C)(=O)=NCc2ccc(-c3noc(C)n3)cc2)cc1. The van der Waals surface area contributed by atoms with Crippen LogP contribution in [-0.2, 0) is 16.3 Å². The summed E-state index contributed by atoms with van der Waals surface area (Å²) in [5.41, 5.74) is 1.83. The Morgan fingerprint density at radius 2 is 1.80 bits per heavy atom. The molecule has 25 heavy (non-hydrogen) atoms. The fourth-order valence-electron chi connectivity index (χ4n) is 2.28. The third-order valence-electron chi connectivity index (χ3n) is 3.73. The Hall–Kier alpha value is -2.67. The topological polar surface area (TPSA) is 77.6 Å². The average molecular weight is 357 g/mol. The second-order valence-electron chi connectivity index (χ2n) is 5.60. The lowest BCUT2D eigenvalue weighted by molar-refractivity contribution is 0.394. The number of ether oxygens (including phenoxy) is 1. The lowest BCUT2D eigenvalue weighted by atomic mass is 10.1. The number of methoxy groups -OCH3 is 1. The van der Waals surface area contributed by atoms with Crippen LogP contribution >= 0.6 is 0 Å². The normalized spacial score (nSPS) is 13.2. The number of rotatable bonds is 5. The van der Waals surface area contributed by atoms with E-state index in [1.54, 1.807) is 44.6 Å². The first-order valence-corrected chi connectivity index (χ1v) is 9.62. The summed E-state index contributed by atoms with van der Waals surface area (Å²) in [6.07, 6.45) is 1.64. The van der Waals surface area contributed by atoms with Gasteiger partial charge in [-0.1, -0.05) is 29.4 Å². The van der Waals surface area contributed by atoms with E-state index in [-0.39, 0.29) is 0 Å². The van der Waals surface area contributed by atoms with Crippen molar-refractivity contribution in [3.05, 3.63) is 60.0 Å². The molecule has 1 aromatic heterocycles. The van der Waals surface area contributed by atoms with Crippen LogP contribution in [0.25, 0.3) is 11.4 Å². The molecule has 1 heterocycles. The van der Waals surface area contributed by atoms with Crippen LogP contribution in [0.1, 0.15) is 11.5 Å². The molecule has 0 fully saturated rings. The molecule has 0 bridgehead atoms. The molecule has 0 amide bonds. The molecule has 1 unspecified atom stereocenters. The van der Waals surface area contributed by atoms with Gasteiger partial charge >= 0.3 is 0 Å². The molecule has 0 aliphatic rings. The number of hydrogen-bond donors (Lipinski definition) is 0. The maximum atomic E-state index is 12.8. The standard InChI is InChI=1S/C18H19N3O3S/c1-13-20-18(21-24-13)15-6-4-14(5-7-15)12-19-25(3,22)17-10-8-16(23-2)9-11-17/h4-11H,12H2,1-3H3. The van der Waals surface area contributed by atoms with E-state index in [1.807, 2.05) is 24.3 Å². The molecular weight excluding hydrogens is 338 g/mol. The van der Waals surface area contributed by atoms with Crippen LogP contribution in [0.15, 0.2) is 62.3 Å². The number of aryl methyl sites for hydroxylation is 1. The molecule has 0 aliphatic heterocycles. The highest BCUT2D eigenvalue weighted by molar-refractivity contribution is 7.93. The first-order valence-electron chi connectivity index (χ1n) is 7.69. The van der Waals surface area contributed by atoms with Crippen molar-refractivity contribution in [3.63, 3.8) is 0 Å². The third-order valence-corrected chi connectivity index (χ3v) is 5.50. The average Bonchev–Trinajstić information content (AvgIpc) is 3.07. The van der Waals surface area contributed by atoms with Gasteiger partial charge in [0.05, 0.1) is 23.4 Å². The predicted octanol–water partition coefficient (Wildman–Crippen LogP) is 3.71. The maximum Gasteiger partial charge on any atom is 0.223 e. The van der Waals surface area contributed by atoms with E-state index in [0.717, 1.165) is 16.9 Å². The summed E-state index contributed by atoms with van der Waals surface area (Å²) in [6.45, 7) is 2.12. The molecule has 2 aromatic carbocycles. The Labute approximate surface area is 147 Å². The molecule has 0 saturated heterocycles. The summed E-state index contributed by atoms with van der Waals surface area (Å²) in [6, 6.07) is 14.8. The van der Waals surface area contributed by atoms with Crippen LogP contribution in [0.3, 0.4) is 0 Å². The lowest BCUT2D eigenvalue weighted by Gasteiger charge is -2.06. The zero-order valence-electron chi connectivity index (χ0n) is 14.3. The number of aromatic nitrogens is 2. The molecule has 0 saturated carbocycles. The van der Waals surface area contributed by atoms with Crippen LogP contribution < -0.4 is 4.74 Å². The smallest absolute Gasteiger partial charge is 0.223 e. The number of nitrogens with zero attached hydrogens (tertiary/aromatic N) is 3. The van der Waals surface area contributed by atoms with Crippen molar-refractivity contribution in [2.75, 3.05) is 13.4 Å². The molecule has 7 heteroatoms. The fraction of sp³-hybridized carbons (Fsp3) is 0.222. The van der Waals surface area contributed by atoms with Crippen molar-refractivity contribution in [2.45, 2.75) is 18.4 Å². The highest BCUT2D eigenvalue weighted by atomic mass is 32.2. The number of benzene rings is 2. The quantitative estimate of drug-likeness (QED) is 0.695. The summed E-state index contributed by atoms with van der Waals surface area (Å²) in [5, 5.41) is 3.89. The Bertz CT molecular complexity index is 970. The van der Waals surface area contributed by atoms with Gasteiger partial charge in [-0.2, -0.15) is 4.98 Å². The van der Waals surface area contributed by atoms with E-state index in [1.165, 1.54) is 0 Å². The van der Waals surface area contributed by atoms with E-state index < -0.39 is 9.73 Å². The van der Waals surface area contributed by atoms with Crippen molar-refractivity contribution in [3.8, 4) is 17.1 Å². The molecule has 0 radical (unpaired) electrons. The van der Waals surface area contributed by atoms with Gasteiger partial charge in [0.2, 0.25) is 11.7 Å². The highest BCUT2D eigenvalue weighted by Crippen LogP contribution is 2.19. The van der Waals surface area contributed by atoms with Crippen LogP contribution in [0, 0.1) is 6.92 Å². The van der Waals surface area contributed by atoms with Crippen molar-refractivity contribution in [1.29, 1.82) is 0 Å². The van der Waals surface area contributed by atoms with E-state index >= 15 is 0 Å². The zero-order valence-corrected chi connectivity index (χ0v) is 15.1. The minimum Gasteiger partial charge on any atom is -0.497 e. The van der Waals surface area contributed by atoms with E-state index in [9.17, 15) is 4.21 Å². The van der Waals surface area contributed by atoms with Gasteiger partial charge in [-0.3, -0.25) is 0 Å². The van der Waals surface area contributed by atoms with E-state index in [0.29, 0.717) is 23.2 Å². The fourth-order valence-corrected chi connectivity index (χ4v) is 3.46. The summed E-state index contributed by atoms with van der Waals surface area (Å²) in [4.78, 5) is 4.88. The minimum absolute atomic E-state index is 0.368. The molecule has 3 rings (SSSR count). The van der Waals surface area contributed by atoms with Gasteiger partial charge in [0, 0.05) is 23.6 Å². The summed E-state index contributed by atoms with van der Waals surface area (Å²) >= 11 is 0. The van der Waals surface area contributed by atoms with Crippen molar-refractivity contribution < 1.29 is 13.5 Å². The van der Waals surface area contributed by atoms with Crippen LogP contribution in [0.4, 0.5) is 0 Å². The maximum absolute atomic E-state index is 12.8. The van der Waals surface area contributed by atoms with Crippen molar-refractivity contribution in [2.24, 2.45) is 4.36 Å². The Morgan fingerprint density at radius 1 is 1.12 bits per heavy atom. The molecule has 0 spiro atoms. The van der Waals surface area contributed by atoms with Gasteiger partial charge in [0.15, 0.2) is 0 Å². The van der Waals surface area contributed by atoms with Gasteiger partial charge in [-0.05, 0) is 29.8 Å². The number of hydrogen-bond acceptors (Lipinski definition) is 6. The van der Waals surface area contributed by atoms with Gasteiger partial charge < -0.3 is 9.26 Å². The van der Waals surface area contributed by atoms with Crippen LogP contribution in [0.5, 0.6) is 5.75 Å². The van der Waals surface area contributed by atoms with Crippen LogP contribution in [-0.4, -0.2) is 27.7 Å². The van der Waals surface area contributed by atoms with E-state index in [2.05, 4.69) is 14.5 Å². The van der Waals surface area contributed by atoms with Crippen molar-refractivity contribution >= 4 is 9.73 Å². The molecule has 130 valence electrons. The summed E-state index contributed by atoms with van der Waals surface area (Å²) in [7, 11) is -0.863. The van der Waals surface area contributed by atoms with Gasteiger partial charge in [0.25, 0.3) is 0 Å². The van der Waals surface area contributed by atoms with E-state index in [4.69, 9.17) is 9.26 Å². The largest absolute Gasteiger partial charge is 0.497 e. The Kier molecular flexibility index (Phi) is 4.85. The first kappa shape index (κ1) is 17.2. The molecule has 3 aromatic rings. The summed E-state index contributed by atoms with van der Waals surface area (Å²) in [5.74, 6) is 1.81. The molecule has 0 aliphatic carbocycles. The zero-order chi connectivity index (χ0) is 17.9. The molecule has 0 N–H and O–H groups in total. The third kappa shape index (κ3) is 4.06. The summed E-state index contributed by atoms with van der Waals surface area (Å²) < 4.78 is 27.3. The molecule has 6 nitrogen and oxygen atoms in total. The highest BCUT2D eigenvalue weighted by Gasteiger charge is 2.07. The second kappa shape index (κ2) is 7.06.